The first-order valence-electron chi connectivity index (χ1n) is 6.05. The van der Waals surface area contributed by atoms with Crippen molar-refractivity contribution in [2.45, 2.75) is 33.4 Å². The SMILES string of the molecule is CC(C)(C)C(=O)N[C@@H](Cn1cc(F)c(=O)[nH]c1=O)C(=O)O. The highest BCUT2D eigenvalue weighted by molar-refractivity contribution is 5.86. The first-order chi connectivity index (χ1) is 9.52. The van der Waals surface area contributed by atoms with Gasteiger partial charge < -0.3 is 10.4 Å². The van der Waals surface area contributed by atoms with Crippen molar-refractivity contribution in [1.82, 2.24) is 14.9 Å². The van der Waals surface area contributed by atoms with E-state index in [1.54, 1.807) is 25.8 Å². The summed E-state index contributed by atoms with van der Waals surface area (Å²) in [7, 11) is 0. The number of halogens is 1. The first kappa shape index (κ1) is 16.6. The summed E-state index contributed by atoms with van der Waals surface area (Å²) in [6.45, 7) is 4.26. The van der Waals surface area contributed by atoms with Crippen LogP contribution >= 0.6 is 0 Å². The second-order valence-corrected chi connectivity index (χ2v) is 5.50. The lowest BCUT2D eigenvalue weighted by Crippen LogP contribution is -2.49. The molecule has 0 aliphatic heterocycles. The van der Waals surface area contributed by atoms with Gasteiger partial charge in [-0.15, -0.1) is 0 Å². The van der Waals surface area contributed by atoms with Gasteiger partial charge in [0.05, 0.1) is 12.7 Å². The summed E-state index contributed by atoms with van der Waals surface area (Å²) in [6, 6.07) is -1.43. The van der Waals surface area contributed by atoms with Gasteiger partial charge in [-0.3, -0.25) is 19.1 Å². The van der Waals surface area contributed by atoms with Crippen molar-refractivity contribution in [3.05, 3.63) is 32.9 Å². The van der Waals surface area contributed by atoms with Gasteiger partial charge >= 0.3 is 11.7 Å². The van der Waals surface area contributed by atoms with Crippen LogP contribution in [-0.2, 0) is 16.1 Å². The normalized spacial score (nSPS) is 12.8. The van der Waals surface area contributed by atoms with E-state index in [2.05, 4.69) is 5.32 Å². The molecule has 0 spiro atoms. The number of H-pyrrole nitrogens is 1. The number of hydrogen-bond acceptors (Lipinski definition) is 4. The molecule has 3 N–H and O–H groups in total. The van der Waals surface area contributed by atoms with Crippen LogP contribution in [0.25, 0.3) is 0 Å². The number of aromatic nitrogens is 2. The molecule has 1 aromatic heterocycles. The van der Waals surface area contributed by atoms with E-state index < -0.39 is 46.9 Å². The monoisotopic (exact) mass is 301 g/mol. The number of hydrogen-bond donors (Lipinski definition) is 3. The van der Waals surface area contributed by atoms with Crippen molar-refractivity contribution >= 4 is 11.9 Å². The maximum atomic E-state index is 13.1. The van der Waals surface area contributed by atoms with Crippen LogP contribution in [0.1, 0.15) is 20.8 Å². The molecule has 1 amide bonds. The number of nitrogens with zero attached hydrogens (tertiary/aromatic N) is 1. The van der Waals surface area contributed by atoms with Gasteiger partial charge in [0.2, 0.25) is 11.7 Å². The van der Waals surface area contributed by atoms with Crippen molar-refractivity contribution < 1.29 is 19.1 Å². The Kier molecular flexibility index (Phi) is 4.66. The third-order valence-electron chi connectivity index (χ3n) is 2.63. The molecule has 0 saturated heterocycles. The molecule has 0 fully saturated rings. The molecule has 1 heterocycles. The van der Waals surface area contributed by atoms with Gasteiger partial charge in [0.25, 0.3) is 5.56 Å². The summed E-state index contributed by atoms with van der Waals surface area (Å²) in [5, 5.41) is 11.3. The zero-order valence-electron chi connectivity index (χ0n) is 11.8. The number of carboxylic acid groups (broad SMARTS) is 1. The van der Waals surface area contributed by atoms with Crippen LogP contribution in [-0.4, -0.2) is 32.6 Å². The Morgan fingerprint density at radius 2 is 2.00 bits per heavy atom. The highest BCUT2D eigenvalue weighted by Crippen LogP contribution is 2.13. The molecule has 1 rings (SSSR count). The predicted molar refractivity (Wildman–Crippen MR) is 70.3 cm³/mol. The van der Waals surface area contributed by atoms with E-state index in [4.69, 9.17) is 5.11 Å². The van der Waals surface area contributed by atoms with Gasteiger partial charge in [-0.1, -0.05) is 20.8 Å². The van der Waals surface area contributed by atoms with E-state index in [0.717, 1.165) is 0 Å². The lowest BCUT2D eigenvalue weighted by molar-refractivity contribution is -0.143. The molecule has 0 aliphatic rings. The van der Waals surface area contributed by atoms with E-state index in [1.807, 2.05) is 0 Å². The fraction of sp³-hybridized carbons (Fsp3) is 0.500. The summed E-state index contributed by atoms with van der Waals surface area (Å²) in [5.41, 5.74) is -2.98. The Morgan fingerprint density at radius 3 is 2.48 bits per heavy atom. The largest absolute Gasteiger partial charge is 0.480 e. The second-order valence-electron chi connectivity index (χ2n) is 5.50. The van der Waals surface area contributed by atoms with Crippen LogP contribution < -0.4 is 16.6 Å². The first-order valence-corrected chi connectivity index (χ1v) is 6.05. The minimum Gasteiger partial charge on any atom is -0.480 e. The van der Waals surface area contributed by atoms with Crippen LogP contribution in [0.5, 0.6) is 0 Å². The molecule has 0 unspecified atom stereocenters. The maximum absolute atomic E-state index is 13.1. The Balaban J connectivity index is 3.03. The smallest absolute Gasteiger partial charge is 0.328 e. The van der Waals surface area contributed by atoms with Crippen LogP contribution in [0, 0.1) is 11.2 Å². The molecule has 1 aromatic rings. The third kappa shape index (κ3) is 4.26. The number of aliphatic carboxylic acids is 1. The topological polar surface area (TPSA) is 121 Å². The summed E-state index contributed by atoms with van der Waals surface area (Å²) < 4.78 is 13.8. The minimum atomic E-state index is -1.43. The molecule has 0 aromatic carbocycles. The van der Waals surface area contributed by atoms with Crippen molar-refractivity contribution in [1.29, 1.82) is 0 Å². The Morgan fingerprint density at radius 1 is 1.43 bits per heavy atom. The third-order valence-corrected chi connectivity index (χ3v) is 2.63. The van der Waals surface area contributed by atoms with E-state index in [-0.39, 0.29) is 0 Å². The number of rotatable bonds is 4. The molecule has 9 heteroatoms. The van der Waals surface area contributed by atoms with E-state index in [9.17, 15) is 23.6 Å². The summed E-state index contributed by atoms with van der Waals surface area (Å²) in [5.74, 6) is -3.14. The molecule has 0 aliphatic carbocycles. The lowest BCUT2D eigenvalue weighted by atomic mass is 9.95. The van der Waals surface area contributed by atoms with E-state index in [1.165, 1.54) is 0 Å². The molecule has 0 bridgehead atoms. The molecule has 116 valence electrons. The molecule has 8 nitrogen and oxygen atoms in total. The van der Waals surface area contributed by atoms with Gasteiger partial charge in [0.1, 0.15) is 6.04 Å². The standard InChI is InChI=1S/C12H16FN3O5/c1-12(2,3)10(20)14-7(9(18)19)5-16-4-6(13)8(17)15-11(16)21/h4,7H,5H2,1-3H3,(H,14,20)(H,18,19)(H,15,17,21)/t7-/m0/s1. The Hall–Kier alpha value is -2.45. The lowest BCUT2D eigenvalue weighted by Gasteiger charge is -2.22. The van der Waals surface area contributed by atoms with Crippen LogP contribution in [0.15, 0.2) is 15.8 Å². The Labute approximate surface area is 118 Å². The minimum absolute atomic E-state index is 0.510. The zero-order valence-corrected chi connectivity index (χ0v) is 11.8. The predicted octanol–water partition coefficient (Wildman–Crippen LogP) is -0.709. The molecule has 0 radical (unpaired) electrons. The summed E-state index contributed by atoms with van der Waals surface area (Å²) in [6.07, 6.45) is 0.598. The molecule has 0 saturated carbocycles. The summed E-state index contributed by atoms with van der Waals surface area (Å²) >= 11 is 0. The fourth-order valence-corrected chi connectivity index (χ4v) is 1.38. The molecule has 21 heavy (non-hydrogen) atoms. The number of carbonyl (C=O) groups is 2. The molecular formula is C12H16FN3O5. The van der Waals surface area contributed by atoms with Gasteiger partial charge in [-0.25, -0.2) is 9.59 Å². The maximum Gasteiger partial charge on any atom is 0.328 e. The van der Waals surface area contributed by atoms with Crippen molar-refractivity contribution in [2.24, 2.45) is 5.41 Å². The average molecular weight is 301 g/mol. The fourth-order valence-electron chi connectivity index (χ4n) is 1.38. The van der Waals surface area contributed by atoms with Crippen molar-refractivity contribution in [2.75, 3.05) is 0 Å². The van der Waals surface area contributed by atoms with Crippen molar-refractivity contribution in [3.63, 3.8) is 0 Å². The quantitative estimate of drug-likeness (QED) is 0.678. The highest BCUT2D eigenvalue weighted by atomic mass is 19.1. The molecule has 1 atom stereocenters. The van der Waals surface area contributed by atoms with Crippen molar-refractivity contribution in [3.8, 4) is 0 Å². The number of nitrogens with one attached hydrogen (secondary N) is 2. The number of carbonyl (C=O) groups excluding carboxylic acids is 1. The van der Waals surface area contributed by atoms with Gasteiger partial charge in [-0.2, -0.15) is 4.39 Å². The Bertz CT molecular complexity index is 671. The molecular weight excluding hydrogens is 285 g/mol. The van der Waals surface area contributed by atoms with E-state index in [0.29, 0.717) is 10.8 Å². The average Bonchev–Trinajstić information content (AvgIpc) is 2.33. The van der Waals surface area contributed by atoms with Gasteiger partial charge in [0.15, 0.2) is 0 Å². The second kappa shape index (κ2) is 5.90. The van der Waals surface area contributed by atoms with Crippen LogP contribution in [0.4, 0.5) is 4.39 Å². The number of carboxylic acids is 1. The van der Waals surface area contributed by atoms with Gasteiger partial charge in [-0.05, 0) is 0 Å². The van der Waals surface area contributed by atoms with Crippen LogP contribution in [0.3, 0.4) is 0 Å². The van der Waals surface area contributed by atoms with Gasteiger partial charge in [0, 0.05) is 5.41 Å². The number of aromatic amines is 1. The zero-order chi connectivity index (χ0) is 16.4. The highest BCUT2D eigenvalue weighted by Gasteiger charge is 2.28. The number of amides is 1. The van der Waals surface area contributed by atoms with Crippen LogP contribution in [0.2, 0.25) is 0 Å². The van der Waals surface area contributed by atoms with E-state index >= 15 is 0 Å². The summed E-state index contributed by atoms with van der Waals surface area (Å²) in [4.78, 5) is 47.0.